The van der Waals surface area contributed by atoms with Crippen LogP contribution in [0.2, 0.25) is 5.02 Å². The van der Waals surface area contributed by atoms with Gasteiger partial charge in [0.15, 0.2) is 5.82 Å². The maximum atomic E-state index is 11.8. The lowest BCUT2D eigenvalue weighted by molar-refractivity contribution is 0.133. The van der Waals surface area contributed by atoms with Crippen molar-refractivity contribution in [1.29, 1.82) is 0 Å². The van der Waals surface area contributed by atoms with E-state index >= 15 is 0 Å². The molecule has 1 aliphatic rings. The number of amides is 2. The molecule has 0 spiro atoms. The van der Waals surface area contributed by atoms with Gasteiger partial charge in [0.1, 0.15) is 0 Å². The van der Waals surface area contributed by atoms with Gasteiger partial charge in [-0.2, -0.15) is 4.68 Å². The number of halogens is 1. The molecule has 24 heavy (non-hydrogen) atoms. The number of hydrogen-bond acceptors (Lipinski definition) is 5. The summed E-state index contributed by atoms with van der Waals surface area (Å²) in [7, 11) is 0. The Morgan fingerprint density at radius 3 is 2.58 bits per heavy atom. The minimum atomic E-state index is 0.00291. The van der Waals surface area contributed by atoms with Gasteiger partial charge in [-0.15, -0.1) is 5.10 Å². The lowest BCUT2D eigenvalue weighted by Gasteiger charge is -2.34. The molecule has 9 heteroatoms. The molecule has 2 amide bonds. The van der Waals surface area contributed by atoms with Crippen molar-refractivity contribution in [2.75, 3.05) is 32.7 Å². The van der Waals surface area contributed by atoms with Crippen LogP contribution in [0.3, 0.4) is 0 Å². The summed E-state index contributed by atoms with van der Waals surface area (Å²) in [5.41, 5.74) is 0.875. The monoisotopic (exact) mass is 349 g/mol. The van der Waals surface area contributed by atoms with E-state index < -0.39 is 0 Å². The third-order valence-corrected chi connectivity index (χ3v) is 4.21. The van der Waals surface area contributed by atoms with Crippen molar-refractivity contribution in [3.8, 4) is 5.69 Å². The van der Waals surface area contributed by atoms with E-state index in [1.165, 1.54) is 0 Å². The SMILES string of the molecule is CCNC(=O)N1CCN(Cc2nnnn2-c2ccc(Cl)cc2)CC1. The normalized spacial score (nSPS) is 15.5. The molecule has 3 rings (SSSR count). The van der Waals surface area contributed by atoms with Crippen LogP contribution in [0.4, 0.5) is 4.79 Å². The fourth-order valence-corrected chi connectivity index (χ4v) is 2.79. The highest BCUT2D eigenvalue weighted by molar-refractivity contribution is 6.30. The van der Waals surface area contributed by atoms with Crippen LogP contribution in [0.5, 0.6) is 0 Å². The first kappa shape index (κ1) is 16.7. The summed E-state index contributed by atoms with van der Waals surface area (Å²) < 4.78 is 1.71. The van der Waals surface area contributed by atoms with Crippen LogP contribution in [0, 0.1) is 0 Å². The number of urea groups is 1. The summed E-state index contributed by atoms with van der Waals surface area (Å²) in [6, 6.07) is 7.40. The number of carbonyl (C=O) groups is 1. The maximum Gasteiger partial charge on any atom is 0.317 e. The number of carbonyl (C=O) groups excluding carboxylic acids is 1. The van der Waals surface area contributed by atoms with Crippen LogP contribution >= 0.6 is 11.6 Å². The first-order valence-corrected chi connectivity index (χ1v) is 8.33. The van der Waals surface area contributed by atoms with Gasteiger partial charge in [-0.05, 0) is 41.6 Å². The van der Waals surface area contributed by atoms with E-state index in [1.807, 2.05) is 36.1 Å². The standard InChI is InChI=1S/C15H20ClN7O/c1-2-17-15(24)22-9-7-21(8-10-22)11-14-18-19-20-23(14)13-5-3-12(16)4-6-13/h3-6H,2,7-11H2,1H3,(H,17,24). The maximum absolute atomic E-state index is 11.8. The molecule has 2 aromatic rings. The van der Waals surface area contributed by atoms with E-state index in [0.717, 1.165) is 24.6 Å². The highest BCUT2D eigenvalue weighted by Crippen LogP contribution is 2.14. The zero-order valence-electron chi connectivity index (χ0n) is 13.5. The number of nitrogens with zero attached hydrogens (tertiary/aromatic N) is 6. The molecule has 128 valence electrons. The van der Waals surface area contributed by atoms with E-state index in [0.29, 0.717) is 31.2 Å². The molecule has 1 saturated heterocycles. The molecule has 0 saturated carbocycles. The predicted octanol–water partition coefficient (Wildman–Crippen LogP) is 1.16. The molecule has 2 heterocycles. The van der Waals surface area contributed by atoms with Crippen molar-refractivity contribution in [1.82, 2.24) is 35.3 Å². The topological polar surface area (TPSA) is 79.2 Å². The molecule has 1 aromatic carbocycles. The Morgan fingerprint density at radius 1 is 1.21 bits per heavy atom. The molecule has 0 radical (unpaired) electrons. The second kappa shape index (κ2) is 7.59. The van der Waals surface area contributed by atoms with Gasteiger partial charge < -0.3 is 10.2 Å². The summed E-state index contributed by atoms with van der Waals surface area (Å²) in [5, 5.41) is 15.5. The van der Waals surface area contributed by atoms with Crippen molar-refractivity contribution < 1.29 is 4.79 Å². The number of tetrazole rings is 1. The Hall–Kier alpha value is -2.19. The Bertz CT molecular complexity index is 679. The van der Waals surface area contributed by atoms with Gasteiger partial charge in [0.05, 0.1) is 12.2 Å². The van der Waals surface area contributed by atoms with Crippen molar-refractivity contribution in [3.05, 3.63) is 35.1 Å². The Morgan fingerprint density at radius 2 is 1.92 bits per heavy atom. The van der Waals surface area contributed by atoms with Gasteiger partial charge in [0.25, 0.3) is 0 Å². The average molecular weight is 350 g/mol. The van der Waals surface area contributed by atoms with Gasteiger partial charge in [0.2, 0.25) is 0 Å². The predicted molar refractivity (Wildman–Crippen MR) is 90.1 cm³/mol. The van der Waals surface area contributed by atoms with E-state index in [1.54, 1.807) is 4.68 Å². The lowest BCUT2D eigenvalue weighted by atomic mass is 10.3. The minimum absolute atomic E-state index is 0.00291. The first-order chi connectivity index (χ1) is 11.7. The second-order valence-corrected chi connectivity index (χ2v) is 6.02. The Kier molecular flexibility index (Phi) is 5.27. The molecule has 1 fully saturated rings. The number of rotatable bonds is 4. The summed E-state index contributed by atoms with van der Waals surface area (Å²) in [6.45, 7) is 6.20. The molecule has 1 aliphatic heterocycles. The van der Waals surface area contributed by atoms with Crippen LogP contribution in [-0.2, 0) is 6.54 Å². The highest BCUT2D eigenvalue weighted by atomic mass is 35.5. The van der Waals surface area contributed by atoms with E-state index in [2.05, 4.69) is 25.7 Å². The Balaban J connectivity index is 1.61. The fourth-order valence-electron chi connectivity index (χ4n) is 2.66. The van der Waals surface area contributed by atoms with E-state index in [-0.39, 0.29) is 6.03 Å². The molecule has 0 atom stereocenters. The molecular weight excluding hydrogens is 330 g/mol. The molecular formula is C15H20ClN7O. The van der Waals surface area contributed by atoms with Crippen molar-refractivity contribution >= 4 is 17.6 Å². The molecule has 0 bridgehead atoms. The number of hydrogen-bond donors (Lipinski definition) is 1. The van der Waals surface area contributed by atoms with Gasteiger partial charge >= 0.3 is 6.03 Å². The molecule has 0 aliphatic carbocycles. The smallest absolute Gasteiger partial charge is 0.317 e. The first-order valence-electron chi connectivity index (χ1n) is 7.95. The zero-order chi connectivity index (χ0) is 16.9. The largest absolute Gasteiger partial charge is 0.338 e. The fraction of sp³-hybridized carbons (Fsp3) is 0.467. The van der Waals surface area contributed by atoms with Crippen LogP contribution in [-0.4, -0.2) is 68.8 Å². The van der Waals surface area contributed by atoms with Crippen molar-refractivity contribution in [3.63, 3.8) is 0 Å². The average Bonchev–Trinajstić information content (AvgIpc) is 3.04. The van der Waals surface area contributed by atoms with E-state index in [9.17, 15) is 4.79 Å². The molecule has 1 aromatic heterocycles. The second-order valence-electron chi connectivity index (χ2n) is 5.58. The Labute approximate surface area is 145 Å². The van der Waals surface area contributed by atoms with Crippen molar-refractivity contribution in [2.45, 2.75) is 13.5 Å². The summed E-state index contributed by atoms with van der Waals surface area (Å²) >= 11 is 5.92. The summed E-state index contributed by atoms with van der Waals surface area (Å²) in [4.78, 5) is 15.9. The van der Waals surface area contributed by atoms with Gasteiger partial charge in [-0.1, -0.05) is 11.6 Å². The molecule has 8 nitrogen and oxygen atoms in total. The number of aromatic nitrogens is 4. The third-order valence-electron chi connectivity index (χ3n) is 3.96. The quantitative estimate of drug-likeness (QED) is 0.896. The molecule has 0 unspecified atom stereocenters. The van der Waals surface area contributed by atoms with E-state index in [4.69, 9.17) is 11.6 Å². The number of piperazine rings is 1. The molecule has 1 N–H and O–H groups in total. The highest BCUT2D eigenvalue weighted by Gasteiger charge is 2.22. The van der Waals surface area contributed by atoms with Gasteiger partial charge in [0, 0.05) is 37.7 Å². The van der Waals surface area contributed by atoms with Crippen LogP contribution in [0.25, 0.3) is 5.69 Å². The van der Waals surface area contributed by atoms with Crippen LogP contribution in [0.1, 0.15) is 12.7 Å². The number of nitrogens with one attached hydrogen (secondary N) is 1. The third kappa shape index (κ3) is 3.82. The minimum Gasteiger partial charge on any atom is -0.338 e. The zero-order valence-corrected chi connectivity index (χ0v) is 14.3. The summed E-state index contributed by atoms with van der Waals surface area (Å²) in [5.74, 6) is 0.767. The van der Waals surface area contributed by atoms with Gasteiger partial charge in [-0.25, -0.2) is 4.79 Å². The summed E-state index contributed by atoms with van der Waals surface area (Å²) in [6.07, 6.45) is 0. The van der Waals surface area contributed by atoms with Gasteiger partial charge in [-0.3, -0.25) is 4.90 Å². The van der Waals surface area contributed by atoms with Crippen LogP contribution < -0.4 is 5.32 Å². The lowest BCUT2D eigenvalue weighted by Crippen LogP contribution is -2.51. The van der Waals surface area contributed by atoms with Crippen molar-refractivity contribution in [2.24, 2.45) is 0 Å². The number of benzene rings is 1. The van der Waals surface area contributed by atoms with Crippen LogP contribution in [0.15, 0.2) is 24.3 Å².